The third-order valence-corrected chi connectivity index (χ3v) is 10.5. The lowest BCUT2D eigenvalue weighted by molar-refractivity contribution is -0.113. The van der Waals surface area contributed by atoms with Gasteiger partial charge in [-0.05, 0) is 55.9 Å². The van der Waals surface area contributed by atoms with E-state index in [0.29, 0.717) is 31.6 Å². The Labute approximate surface area is 255 Å². The normalized spacial score (nSPS) is 13.0. The Bertz CT molecular complexity index is 1840. The van der Waals surface area contributed by atoms with E-state index in [9.17, 15) is 14.4 Å². The molecular formula is C32H29N3O4S3. The van der Waals surface area contributed by atoms with E-state index in [0.717, 1.165) is 58.5 Å². The van der Waals surface area contributed by atoms with Crippen molar-refractivity contribution < 1.29 is 14.3 Å². The van der Waals surface area contributed by atoms with Crippen LogP contribution >= 0.6 is 34.4 Å². The van der Waals surface area contributed by atoms with Gasteiger partial charge in [-0.2, -0.15) is 0 Å². The molecule has 0 aliphatic heterocycles. The Morgan fingerprint density at radius 3 is 2.45 bits per heavy atom. The van der Waals surface area contributed by atoms with Gasteiger partial charge in [-0.3, -0.25) is 14.2 Å². The van der Waals surface area contributed by atoms with Gasteiger partial charge in [0.05, 0.1) is 29.5 Å². The summed E-state index contributed by atoms with van der Waals surface area (Å²) < 4.78 is 6.67. The number of ether oxygens (including phenoxy) is 1. The van der Waals surface area contributed by atoms with E-state index in [4.69, 9.17) is 9.72 Å². The molecule has 1 N–H and O–H groups in total. The molecule has 2 aromatic carbocycles. The van der Waals surface area contributed by atoms with Crippen molar-refractivity contribution >= 4 is 61.5 Å². The van der Waals surface area contributed by atoms with E-state index in [-0.39, 0.29) is 17.2 Å². The molecule has 5 aromatic rings. The topological polar surface area (TPSA) is 90.3 Å². The Kier molecular flexibility index (Phi) is 8.28. The van der Waals surface area contributed by atoms with E-state index >= 15 is 0 Å². The summed E-state index contributed by atoms with van der Waals surface area (Å²) in [4.78, 5) is 47.9. The van der Waals surface area contributed by atoms with Crippen LogP contribution in [-0.4, -0.2) is 34.3 Å². The third-order valence-electron chi connectivity index (χ3n) is 7.34. The maximum absolute atomic E-state index is 14.2. The van der Waals surface area contributed by atoms with Gasteiger partial charge in [0.25, 0.3) is 5.56 Å². The summed E-state index contributed by atoms with van der Waals surface area (Å²) in [6.07, 6.45) is 4.90. The Morgan fingerprint density at radius 1 is 1.00 bits per heavy atom. The molecule has 10 heteroatoms. The number of amides is 1. The maximum atomic E-state index is 14.2. The number of esters is 1. The summed E-state index contributed by atoms with van der Waals surface area (Å²) in [7, 11) is 1.37. The summed E-state index contributed by atoms with van der Waals surface area (Å²) >= 11 is 4.15. The number of thioether (sulfide) groups is 1. The number of aryl methyl sites for hydroxylation is 2. The standard InChI is InChI=1S/C32H29N3O4S3/c1-19-25(20-12-6-3-7-13-20)27-29(41-19)34-32(35(30(27)37)21-14-8-4-9-15-21)40-18-24(36)33-28-26(31(38)39-2)22-16-10-5-11-17-23(22)42-28/h3-4,6-9,12-15H,5,10-11,16-18H2,1-2H3,(H,33,36). The molecular weight excluding hydrogens is 587 g/mol. The highest BCUT2D eigenvalue weighted by atomic mass is 32.2. The smallest absolute Gasteiger partial charge is 0.341 e. The number of para-hydroxylation sites is 1. The van der Waals surface area contributed by atoms with Crippen LogP contribution in [0.1, 0.15) is 44.9 Å². The SMILES string of the molecule is COC(=O)c1c(NC(=O)CSc2nc3sc(C)c(-c4ccccc4)c3c(=O)n2-c2ccccc2)sc2c1CCCCC2. The molecule has 214 valence electrons. The van der Waals surface area contributed by atoms with Gasteiger partial charge in [-0.15, -0.1) is 22.7 Å². The van der Waals surface area contributed by atoms with Crippen LogP contribution in [0.3, 0.4) is 0 Å². The number of hydrogen-bond acceptors (Lipinski definition) is 8. The Hall–Kier alpha value is -3.73. The van der Waals surface area contributed by atoms with Gasteiger partial charge in [0.2, 0.25) is 5.91 Å². The van der Waals surface area contributed by atoms with Crippen molar-refractivity contribution in [2.45, 2.75) is 44.2 Å². The number of benzene rings is 2. The van der Waals surface area contributed by atoms with Crippen LogP contribution in [0.25, 0.3) is 27.0 Å². The molecule has 1 amide bonds. The lowest BCUT2D eigenvalue weighted by atomic mass is 10.0. The molecule has 0 radical (unpaired) electrons. The van der Waals surface area contributed by atoms with E-state index in [2.05, 4.69) is 5.32 Å². The summed E-state index contributed by atoms with van der Waals surface area (Å²) in [5, 5.41) is 4.51. The van der Waals surface area contributed by atoms with Crippen LogP contribution in [0.5, 0.6) is 0 Å². The number of aromatic nitrogens is 2. The zero-order valence-corrected chi connectivity index (χ0v) is 25.7. The largest absolute Gasteiger partial charge is 0.465 e. The predicted molar refractivity (Wildman–Crippen MR) is 172 cm³/mol. The van der Waals surface area contributed by atoms with Crippen molar-refractivity contribution in [2.75, 3.05) is 18.2 Å². The molecule has 1 aliphatic rings. The maximum Gasteiger partial charge on any atom is 0.341 e. The minimum absolute atomic E-state index is 0.0177. The molecule has 6 rings (SSSR count). The van der Waals surface area contributed by atoms with Crippen molar-refractivity contribution in [3.63, 3.8) is 0 Å². The fourth-order valence-electron chi connectivity index (χ4n) is 5.44. The lowest BCUT2D eigenvalue weighted by Gasteiger charge is -2.13. The van der Waals surface area contributed by atoms with Crippen LogP contribution in [0.4, 0.5) is 5.00 Å². The molecule has 0 fully saturated rings. The molecule has 7 nitrogen and oxygen atoms in total. The fraction of sp³-hybridized carbons (Fsp3) is 0.250. The quantitative estimate of drug-likeness (QED) is 0.0897. The number of carbonyl (C=O) groups excluding carboxylic acids is 2. The monoisotopic (exact) mass is 615 g/mol. The number of hydrogen-bond donors (Lipinski definition) is 1. The summed E-state index contributed by atoms with van der Waals surface area (Å²) in [5.41, 5.74) is 3.83. The molecule has 0 spiro atoms. The average molecular weight is 616 g/mol. The van der Waals surface area contributed by atoms with Crippen LogP contribution in [0.2, 0.25) is 0 Å². The molecule has 0 saturated carbocycles. The molecule has 1 aliphatic carbocycles. The van der Waals surface area contributed by atoms with Crippen LogP contribution in [-0.2, 0) is 22.4 Å². The second-order valence-corrected chi connectivity index (χ2v) is 13.3. The van der Waals surface area contributed by atoms with Gasteiger partial charge in [-0.1, -0.05) is 66.7 Å². The summed E-state index contributed by atoms with van der Waals surface area (Å²) in [5.74, 6) is -0.684. The highest BCUT2D eigenvalue weighted by Gasteiger charge is 2.27. The number of methoxy groups -OCH3 is 1. The average Bonchev–Trinajstić information content (AvgIpc) is 3.42. The number of anilines is 1. The van der Waals surface area contributed by atoms with Gasteiger partial charge < -0.3 is 10.1 Å². The number of nitrogens with one attached hydrogen (secondary N) is 1. The van der Waals surface area contributed by atoms with Crippen molar-refractivity contribution in [2.24, 2.45) is 0 Å². The van der Waals surface area contributed by atoms with Crippen molar-refractivity contribution in [3.05, 3.63) is 91.9 Å². The zero-order valence-electron chi connectivity index (χ0n) is 23.3. The molecule has 3 aromatic heterocycles. The molecule has 0 bridgehead atoms. The first kappa shape index (κ1) is 28.4. The molecule has 0 saturated heterocycles. The molecule has 3 heterocycles. The molecule has 0 atom stereocenters. The van der Waals surface area contributed by atoms with Gasteiger partial charge in [0.15, 0.2) is 5.16 Å². The first-order valence-corrected chi connectivity index (χ1v) is 16.4. The van der Waals surface area contributed by atoms with Crippen LogP contribution in [0.15, 0.2) is 70.6 Å². The second kappa shape index (κ2) is 12.2. The van der Waals surface area contributed by atoms with E-state index in [1.807, 2.05) is 67.6 Å². The van der Waals surface area contributed by atoms with E-state index in [1.165, 1.54) is 41.5 Å². The minimum Gasteiger partial charge on any atom is -0.465 e. The second-order valence-electron chi connectivity index (χ2n) is 10.0. The summed E-state index contributed by atoms with van der Waals surface area (Å²) in [6, 6.07) is 19.2. The van der Waals surface area contributed by atoms with Gasteiger partial charge in [-0.25, -0.2) is 9.78 Å². The fourth-order valence-corrected chi connectivity index (χ4v) is 8.63. The number of nitrogens with zero attached hydrogens (tertiary/aromatic N) is 2. The van der Waals surface area contributed by atoms with E-state index in [1.54, 1.807) is 4.57 Å². The van der Waals surface area contributed by atoms with Gasteiger partial charge >= 0.3 is 5.97 Å². The Morgan fingerprint density at radius 2 is 1.71 bits per heavy atom. The first-order chi connectivity index (χ1) is 20.5. The number of carbonyl (C=O) groups is 2. The highest BCUT2D eigenvalue weighted by molar-refractivity contribution is 7.99. The lowest BCUT2D eigenvalue weighted by Crippen LogP contribution is -2.23. The molecule has 42 heavy (non-hydrogen) atoms. The highest BCUT2D eigenvalue weighted by Crippen LogP contribution is 2.39. The van der Waals surface area contributed by atoms with Crippen molar-refractivity contribution in [1.29, 1.82) is 0 Å². The number of thiophene rings is 2. The third kappa shape index (κ3) is 5.42. The first-order valence-electron chi connectivity index (χ1n) is 13.8. The van der Waals surface area contributed by atoms with Gasteiger partial charge in [0, 0.05) is 15.3 Å². The minimum atomic E-state index is -0.426. The molecule has 0 unspecified atom stereocenters. The predicted octanol–water partition coefficient (Wildman–Crippen LogP) is 7.27. The van der Waals surface area contributed by atoms with Crippen molar-refractivity contribution in [3.8, 4) is 16.8 Å². The number of rotatable bonds is 7. The Balaban J connectivity index is 1.35. The van der Waals surface area contributed by atoms with Crippen molar-refractivity contribution in [1.82, 2.24) is 9.55 Å². The zero-order chi connectivity index (χ0) is 29.2. The van der Waals surface area contributed by atoms with Crippen LogP contribution in [0, 0.1) is 6.92 Å². The van der Waals surface area contributed by atoms with E-state index < -0.39 is 5.97 Å². The summed E-state index contributed by atoms with van der Waals surface area (Å²) in [6.45, 7) is 2.00. The van der Waals surface area contributed by atoms with Gasteiger partial charge in [0.1, 0.15) is 9.83 Å². The number of fused-ring (bicyclic) bond motifs is 2. The van der Waals surface area contributed by atoms with Crippen LogP contribution < -0.4 is 10.9 Å².